The maximum atomic E-state index is 6.33. The number of rotatable bonds is 4. The quantitative estimate of drug-likeness (QED) is 0.542. The Hall–Kier alpha value is -2.64. The molecule has 1 fully saturated rings. The molecule has 4 aromatic heterocycles. The average Bonchev–Trinajstić information content (AvgIpc) is 3.44. The topological polar surface area (TPSA) is 78.4 Å². The SMILES string of the molecule is CCc1c(Cl)[nH]c2ncc(-c3cc4n(n3)CCC43CN(Cc4ncc[nH]4)C3)cc12. The van der Waals surface area contributed by atoms with Crippen molar-refractivity contribution >= 4 is 22.6 Å². The summed E-state index contributed by atoms with van der Waals surface area (Å²) in [4.78, 5) is 17.7. The second-order valence-corrected chi connectivity index (χ2v) is 8.62. The molecule has 0 radical (unpaired) electrons. The predicted molar refractivity (Wildman–Crippen MR) is 112 cm³/mol. The molecule has 0 unspecified atom stereocenters. The number of nitrogens with zero attached hydrogens (tertiary/aromatic N) is 5. The number of likely N-dealkylation sites (tertiary alicyclic amines) is 1. The van der Waals surface area contributed by atoms with E-state index in [1.54, 1.807) is 0 Å². The molecule has 6 rings (SSSR count). The first kappa shape index (κ1) is 17.2. The summed E-state index contributed by atoms with van der Waals surface area (Å²) in [6, 6.07) is 4.43. The van der Waals surface area contributed by atoms with Gasteiger partial charge in [-0.15, -0.1) is 0 Å². The molecule has 148 valence electrons. The van der Waals surface area contributed by atoms with Gasteiger partial charge in [0, 0.05) is 60.3 Å². The van der Waals surface area contributed by atoms with Gasteiger partial charge in [-0.1, -0.05) is 18.5 Å². The Morgan fingerprint density at radius 3 is 2.93 bits per heavy atom. The molecule has 2 aliphatic rings. The Morgan fingerprint density at radius 2 is 2.14 bits per heavy atom. The highest BCUT2D eigenvalue weighted by Gasteiger charge is 2.49. The maximum absolute atomic E-state index is 6.33. The third-order valence-electron chi connectivity index (χ3n) is 6.46. The lowest BCUT2D eigenvalue weighted by molar-refractivity contribution is 0.0559. The number of aryl methyl sites for hydroxylation is 2. The lowest BCUT2D eigenvalue weighted by Gasteiger charge is -2.47. The van der Waals surface area contributed by atoms with Crippen LogP contribution in [0.15, 0.2) is 30.7 Å². The lowest BCUT2D eigenvalue weighted by Crippen LogP contribution is -2.57. The smallest absolute Gasteiger partial charge is 0.138 e. The third kappa shape index (κ3) is 2.57. The predicted octanol–water partition coefficient (Wildman–Crippen LogP) is 3.52. The summed E-state index contributed by atoms with van der Waals surface area (Å²) in [5.41, 5.74) is 5.58. The van der Waals surface area contributed by atoms with Gasteiger partial charge in [-0.3, -0.25) is 9.58 Å². The van der Waals surface area contributed by atoms with Crippen molar-refractivity contribution in [3.8, 4) is 11.3 Å². The van der Waals surface area contributed by atoms with Crippen LogP contribution in [-0.4, -0.2) is 47.7 Å². The van der Waals surface area contributed by atoms with Gasteiger partial charge in [0.25, 0.3) is 0 Å². The van der Waals surface area contributed by atoms with E-state index in [1.807, 2.05) is 18.6 Å². The molecule has 0 aliphatic carbocycles. The van der Waals surface area contributed by atoms with E-state index in [0.717, 1.165) is 72.7 Å². The van der Waals surface area contributed by atoms with Crippen molar-refractivity contribution in [3.63, 3.8) is 0 Å². The Bertz CT molecular complexity index is 1200. The highest BCUT2D eigenvalue weighted by atomic mass is 35.5. The Balaban J connectivity index is 1.29. The lowest BCUT2D eigenvalue weighted by atomic mass is 9.76. The monoisotopic (exact) mass is 407 g/mol. The minimum absolute atomic E-state index is 0.224. The summed E-state index contributed by atoms with van der Waals surface area (Å²) < 4.78 is 2.19. The summed E-state index contributed by atoms with van der Waals surface area (Å²) in [5, 5.41) is 6.68. The van der Waals surface area contributed by atoms with Crippen LogP contribution >= 0.6 is 11.6 Å². The minimum atomic E-state index is 0.224. The molecule has 1 saturated heterocycles. The number of pyridine rings is 1. The summed E-state index contributed by atoms with van der Waals surface area (Å²) in [5.74, 6) is 1.03. The number of nitrogens with one attached hydrogen (secondary N) is 2. The van der Waals surface area contributed by atoms with Gasteiger partial charge in [-0.2, -0.15) is 5.10 Å². The fourth-order valence-electron chi connectivity index (χ4n) is 5.02. The molecule has 2 N–H and O–H groups in total. The zero-order chi connectivity index (χ0) is 19.6. The van der Waals surface area contributed by atoms with Crippen molar-refractivity contribution in [2.75, 3.05) is 13.1 Å². The fraction of sp³-hybridized carbons (Fsp3) is 0.381. The molecule has 0 aromatic carbocycles. The van der Waals surface area contributed by atoms with Crippen LogP contribution < -0.4 is 0 Å². The van der Waals surface area contributed by atoms with Gasteiger partial charge in [0.15, 0.2) is 0 Å². The van der Waals surface area contributed by atoms with Crippen LogP contribution in [0.4, 0.5) is 0 Å². The number of aromatic nitrogens is 6. The average molecular weight is 408 g/mol. The van der Waals surface area contributed by atoms with Gasteiger partial charge < -0.3 is 9.97 Å². The molecule has 6 heterocycles. The number of hydrogen-bond donors (Lipinski definition) is 2. The summed E-state index contributed by atoms with van der Waals surface area (Å²) in [7, 11) is 0. The largest absolute Gasteiger partial charge is 0.348 e. The van der Waals surface area contributed by atoms with Crippen LogP contribution in [0, 0.1) is 0 Å². The molecular formula is C21H22ClN7. The van der Waals surface area contributed by atoms with E-state index >= 15 is 0 Å². The third-order valence-corrected chi connectivity index (χ3v) is 6.78. The van der Waals surface area contributed by atoms with Gasteiger partial charge in [-0.25, -0.2) is 9.97 Å². The Kier molecular flexibility index (Phi) is 3.67. The van der Waals surface area contributed by atoms with Crippen LogP contribution in [0.25, 0.3) is 22.3 Å². The minimum Gasteiger partial charge on any atom is -0.348 e. The first-order chi connectivity index (χ1) is 14.1. The fourth-order valence-corrected chi connectivity index (χ4v) is 5.34. The van der Waals surface area contributed by atoms with Crippen molar-refractivity contribution in [2.45, 2.75) is 38.3 Å². The van der Waals surface area contributed by atoms with Crippen molar-refractivity contribution in [3.05, 3.63) is 53.0 Å². The van der Waals surface area contributed by atoms with Crippen molar-refractivity contribution in [1.82, 2.24) is 34.6 Å². The second kappa shape index (κ2) is 6.18. The molecule has 0 saturated carbocycles. The van der Waals surface area contributed by atoms with E-state index in [2.05, 4.69) is 48.6 Å². The van der Waals surface area contributed by atoms with E-state index < -0.39 is 0 Å². The molecule has 29 heavy (non-hydrogen) atoms. The number of hydrogen-bond acceptors (Lipinski definition) is 4. The van der Waals surface area contributed by atoms with E-state index in [9.17, 15) is 0 Å². The van der Waals surface area contributed by atoms with E-state index in [-0.39, 0.29) is 5.41 Å². The van der Waals surface area contributed by atoms with E-state index in [4.69, 9.17) is 16.7 Å². The summed E-state index contributed by atoms with van der Waals surface area (Å²) in [6.45, 7) is 6.09. The van der Waals surface area contributed by atoms with Crippen LogP contribution in [0.3, 0.4) is 0 Å². The van der Waals surface area contributed by atoms with Gasteiger partial charge in [0.2, 0.25) is 0 Å². The highest BCUT2D eigenvalue weighted by Crippen LogP contribution is 2.44. The first-order valence-electron chi connectivity index (χ1n) is 10.1. The number of halogens is 1. The standard InChI is InChI=1S/C21H22ClN7/c1-2-14-15-7-13(9-25-20(15)26-19(14)22)16-8-17-21(3-6-29(17)27-16)11-28(12-21)10-18-23-4-5-24-18/h4-5,7-9H,2-3,6,10-12H2,1H3,(H,23,24)(H,25,26). The molecule has 2 aliphatic heterocycles. The number of imidazole rings is 1. The van der Waals surface area contributed by atoms with Gasteiger partial charge in [0.05, 0.1) is 12.2 Å². The highest BCUT2D eigenvalue weighted by molar-refractivity contribution is 6.31. The van der Waals surface area contributed by atoms with Crippen molar-refractivity contribution in [1.29, 1.82) is 0 Å². The molecule has 0 bridgehead atoms. The van der Waals surface area contributed by atoms with Crippen LogP contribution in [-0.2, 0) is 24.9 Å². The van der Waals surface area contributed by atoms with Crippen LogP contribution in [0.1, 0.15) is 30.4 Å². The van der Waals surface area contributed by atoms with E-state index in [0.29, 0.717) is 5.15 Å². The normalized spacial score (nSPS) is 17.9. The molecule has 0 atom stereocenters. The number of aromatic amines is 2. The zero-order valence-electron chi connectivity index (χ0n) is 16.2. The number of fused-ring (bicyclic) bond motifs is 3. The zero-order valence-corrected chi connectivity index (χ0v) is 17.0. The molecule has 1 spiro atoms. The van der Waals surface area contributed by atoms with Gasteiger partial charge >= 0.3 is 0 Å². The maximum Gasteiger partial charge on any atom is 0.138 e. The molecule has 4 aromatic rings. The van der Waals surface area contributed by atoms with Crippen molar-refractivity contribution < 1.29 is 0 Å². The first-order valence-corrected chi connectivity index (χ1v) is 10.5. The summed E-state index contributed by atoms with van der Waals surface area (Å²) in [6.07, 6.45) is 7.62. The number of H-pyrrole nitrogens is 2. The second-order valence-electron chi connectivity index (χ2n) is 8.24. The van der Waals surface area contributed by atoms with Crippen molar-refractivity contribution in [2.24, 2.45) is 0 Å². The van der Waals surface area contributed by atoms with Gasteiger partial charge in [0.1, 0.15) is 16.6 Å². The van der Waals surface area contributed by atoms with E-state index in [1.165, 1.54) is 5.69 Å². The van der Waals surface area contributed by atoms with Gasteiger partial charge in [-0.05, 0) is 30.5 Å². The Morgan fingerprint density at radius 1 is 1.24 bits per heavy atom. The van der Waals surface area contributed by atoms with Crippen LogP contribution in [0.5, 0.6) is 0 Å². The molecule has 7 nitrogen and oxygen atoms in total. The van der Waals surface area contributed by atoms with Crippen LogP contribution in [0.2, 0.25) is 5.15 Å². The molecule has 0 amide bonds. The summed E-state index contributed by atoms with van der Waals surface area (Å²) >= 11 is 6.33. The Labute approximate surface area is 173 Å². The molecule has 8 heteroatoms. The molecular weight excluding hydrogens is 386 g/mol.